The number of aromatic nitrogens is 2. The molecule has 29 heavy (non-hydrogen) atoms. The molecule has 0 unspecified atom stereocenters. The Balaban J connectivity index is 0.00000240. The van der Waals surface area contributed by atoms with Crippen molar-refractivity contribution in [3.8, 4) is 0 Å². The molecule has 0 saturated carbocycles. The van der Waals surface area contributed by atoms with Crippen molar-refractivity contribution in [2.45, 2.75) is 12.1 Å². The van der Waals surface area contributed by atoms with Gasteiger partial charge in [-0.1, -0.05) is 72.8 Å². The minimum Gasteiger partial charge on any atom is -0.372 e. The fraction of sp³-hybridized carbons (Fsp3) is 0.130. The van der Waals surface area contributed by atoms with Crippen LogP contribution in [-0.2, 0) is 16.9 Å². The molecule has 1 amide bonds. The predicted molar refractivity (Wildman–Crippen MR) is 116 cm³/mol. The number of hydrogen-bond acceptors (Lipinski definition) is 3. The molecule has 0 spiro atoms. The first-order valence-electron chi connectivity index (χ1n) is 9.21. The topological polar surface area (TPSA) is 67.2 Å². The zero-order valence-corrected chi connectivity index (χ0v) is 16.5. The maximum atomic E-state index is 13.1. The summed E-state index contributed by atoms with van der Waals surface area (Å²) in [4.78, 5) is 17.4. The third-order valence-corrected chi connectivity index (χ3v) is 4.88. The zero-order chi connectivity index (χ0) is 19.4. The molecular weight excluding hydrogens is 386 g/mol. The van der Waals surface area contributed by atoms with Crippen molar-refractivity contribution in [1.82, 2.24) is 14.9 Å². The van der Waals surface area contributed by atoms with Crippen LogP contribution in [0.2, 0.25) is 0 Å². The fourth-order valence-electron chi connectivity index (χ4n) is 3.39. The van der Waals surface area contributed by atoms with Crippen molar-refractivity contribution in [1.29, 1.82) is 0 Å². The molecule has 1 heterocycles. The van der Waals surface area contributed by atoms with Gasteiger partial charge in [0.2, 0.25) is 0 Å². The molecule has 0 atom stereocenters. The number of benzene rings is 3. The SMILES string of the molecule is Cl.O=C(NCCn1cnc2ccccc21)C(O)(c1ccccc1)c1ccccc1. The highest BCUT2D eigenvalue weighted by Crippen LogP contribution is 2.29. The number of fused-ring (bicyclic) bond motifs is 1. The van der Waals surface area contributed by atoms with Gasteiger partial charge in [-0.3, -0.25) is 4.79 Å². The van der Waals surface area contributed by atoms with E-state index in [-0.39, 0.29) is 12.4 Å². The van der Waals surface area contributed by atoms with Crippen LogP contribution in [0.15, 0.2) is 91.3 Å². The molecule has 4 aromatic rings. The first-order chi connectivity index (χ1) is 13.7. The van der Waals surface area contributed by atoms with Gasteiger partial charge in [-0.15, -0.1) is 12.4 Å². The molecule has 6 heteroatoms. The largest absolute Gasteiger partial charge is 0.372 e. The van der Waals surface area contributed by atoms with Gasteiger partial charge in [0.15, 0.2) is 5.60 Å². The van der Waals surface area contributed by atoms with Crippen LogP contribution in [0, 0.1) is 0 Å². The lowest BCUT2D eigenvalue weighted by atomic mass is 9.85. The number of nitrogens with zero attached hydrogens (tertiary/aromatic N) is 2. The van der Waals surface area contributed by atoms with Crippen LogP contribution in [-0.4, -0.2) is 27.1 Å². The number of halogens is 1. The summed E-state index contributed by atoms with van der Waals surface area (Å²) in [6.07, 6.45) is 1.76. The predicted octanol–water partition coefficient (Wildman–Crippen LogP) is 3.51. The van der Waals surface area contributed by atoms with E-state index in [0.29, 0.717) is 24.2 Å². The fourth-order valence-corrected chi connectivity index (χ4v) is 3.39. The van der Waals surface area contributed by atoms with Crippen LogP contribution in [0.1, 0.15) is 11.1 Å². The molecule has 3 aromatic carbocycles. The molecule has 0 aliphatic heterocycles. The van der Waals surface area contributed by atoms with E-state index in [1.165, 1.54) is 0 Å². The average molecular weight is 408 g/mol. The van der Waals surface area contributed by atoms with Crippen LogP contribution in [0.25, 0.3) is 11.0 Å². The Bertz CT molecular complexity index is 1040. The van der Waals surface area contributed by atoms with Crippen molar-refractivity contribution in [3.05, 3.63) is 102 Å². The summed E-state index contributed by atoms with van der Waals surface area (Å²) in [5.74, 6) is -0.450. The Morgan fingerprint density at radius 2 is 1.45 bits per heavy atom. The maximum absolute atomic E-state index is 13.1. The van der Waals surface area contributed by atoms with E-state index in [2.05, 4.69) is 10.3 Å². The van der Waals surface area contributed by atoms with Crippen molar-refractivity contribution in [2.24, 2.45) is 0 Å². The number of nitrogens with one attached hydrogen (secondary N) is 1. The summed E-state index contributed by atoms with van der Waals surface area (Å²) in [7, 11) is 0. The van der Waals surface area contributed by atoms with Gasteiger partial charge in [0, 0.05) is 13.1 Å². The highest BCUT2D eigenvalue weighted by molar-refractivity contribution is 5.90. The summed E-state index contributed by atoms with van der Waals surface area (Å²) in [5.41, 5.74) is 1.25. The molecule has 0 aliphatic carbocycles. The van der Waals surface area contributed by atoms with E-state index in [1.807, 2.05) is 65.2 Å². The van der Waals surface area contributed by atoms with Crippen molar-refractivity contribution < 1.29 is 9.90 Å². The van der Waals surface area contributed by atoms with E-state index >= 15 is 0 Å². The number of imidazole rings is 1. The molecule has 0 aliphatic rings. The Morgan fingerprint density at radius 3 is 2.07 bits per heavy atom. The van der Waals surface area contributed by atoms with Crippen LogP contribution < -0.4 is 5.32 Å². The lowest BCUT2D eigenvalue weighted by molar-refractivity contribution is -0.136. The second-order valence-electron chi connectivity index (χ2n) is 6.63. The molecule has 0 bridgehead atoms. The standard InChI is InChI=1S/C23H21N3O2.ClH/c27-22(24-15-16-26-17-25-20-13-7-8-14-21(20)26)23(28,18-9-3-1-4-10-18)19-11-5-2-6-12-19;/h1-14,17,28H,15-16H2,(H,24,27);1H. The van der Waals surface area contributed by atoms with Crippen molar-refractivity contribution >= 4 is 29.3 Å². The number of hydrogen-bond donors (Lipinski definition) is 2. The third-order valence-electron chi connectivity index (χ3n) is 4.88. The average Bonchev–Trinajstić information content (AvgIpc) is 3.17. The molecule has 5 nitrogen and oxygen atoms in total. The Labute approximate surface area is 175 Å². The zero-order valence-electron chi connectivity index (χ0n) is 15.7. The first kappa shape index (κ1) is 20.6. The lowest BCUT2D eigenvalue weighted by Crippen LogP contribution is -2.46. The van der Waals surface area contributed by atoms with Crippen LogP contribution >= 0.6 is 12.4 Å². The summed E-state index contributed by atoms with van der Waals surface area (Å²) in [6, 6.07) is 25.9. The van der Waals surface area contributed by atoms with E-state index in [9.17, 15) is 9.90 Å². The second-order valence-corrected chi connectivity index (χ2v) is 6.63. The van der Waals surface area contributed by atoms with Gasteiger partial charge in [-0.2, -0.15) is 0 Å². The van der Waals surface area contributed by atoms with Gasteiger partial charge in [-0.05, 0) is 23.3 Å². The Morgan fingerprint density at radius 1 is 0.897 bits per heavy atom. The van der Waals surface area contributed by atoms with E-state index < -0.39 is 11.5 Å². The molecule has 2 N–H and O–H groups in total. The number of carbonyl (C=O) groups is 1. The lowest BCUT2D eigenvalue weighted by Gasteiger charge is -2.28. The van der Waals surface area contributed by atoms with Crippen LogP contribution in [0.5, 0.6) is 0 Å². The molecule has 4 rings (SSSR count). The summed E-state index contributed by atoms with van der Waals surface area (Å²) in [5, 5.41) is 14.3. The molecular formula is C23H22ClN3O2. The summed E-state index contributed by atoms with van der Waals surface area (Å²) >= 11 is 0. The number of rotatable bonds is 6. The number of aliphatic hydroxyl groups is 1. The Kier molecular flexibility index (Phi) is 6.32. The quantitative estimate of drug-likeness (QED) is 0.514. The number of para-hydroxylation sites is 2. The normalized spacial score (nSPS) is 11.1. The minimum atomic E-state index is -1.75. The maximum Gasteiger partial charge on any atom is 0.261 e. The van der Waals surface area contributed by atoms with Gasteiger partial charge < -0.3 is 15.0 Å². The minimum absolute atomic E-state index is 0. The number of amides is 1. The van der Waals surface area contributed by atoms with Crippen LogP contribution in [0.3, 0.4) is 0 Å². The molecule has 0 saturated heterocycles. The van der Waals surface area contributed by atoms with E-state index in [4.69, 9.17) is 0 Å². The Hall–Kier alpha value is -3.15. The van der Waals surface area contributed by atoms with Crippen molar-refractivity contribution in [3.63, 3.8) is 0 Å². The summed E-state index contributed by atoms with van der Waals surface area (Å²) in [6.45, 7) is 0.938. The monoisotopic (exact) mass is 407 g/mol. The smallest absolute Gasteiger partial charge is 0.261 e. The molecule has 1 aromatic heterocycles. The highest BCUT2D eigenvalue weighted by Gasteiger charge is 2.39. The molecule has 0 fully saturated rings. The second kappa shape index (κ2) is 8.90. The van der Waals surface area contributed by atoms with E-state index in [1.54, 1.807) is 30.6 Å². The molecule has 148 valence electrons. The van der Waals surface area contributed by atoms with Crippen LogP contribution in [0.4, 0.5) is 0 Å². The van der Waals surface area contributed by atoms with Gasteiger partial charge in [0.05, 0.1) is 17.4 Å². The van der Waals surface area contributed by atoms with Crippen molar-refractivity contribution in [2.75, 3.05) is 6.54 Å². The van der Waals surface area contributed by atoms with Gasteiger partial charge in [0.25, 0.3) is 5.91 Å². The summed E-state index contributed by atoms with van der Waals surface area (Å²) < 4.78 is 1.99. The first-order valence-corrected chi connectivity index (χ1v) is 9.21. The van der Waals surface area contributed by atoms with E-state index in [0.717, 1.165) is 11.0 Å². The molecule has 0 radical (unpaired) electrons. The van der Waals surface area contributed by atoms with Gasteiger partial charge in [0.1, 0.15) is 0 Å². The van der Waals surface area contributed by atoms with Gasteiger partial charge >= 0.3 is 0 Å². The van der Waals surface area contributed by atoms with Gasteiger partial charge in [-0.25, -0.2) is 4.98 Å². The highest BCUT2D eigenvalue weighted by atomic mass is 35.5. The third kappa shape index (κ3) is 4.01. The number of carbonyl (C=O) groups excluding carboxylic acids is 1.